The third kappa shape index (κ3) is 10.8. The Morgan fingerprint density at radius 2 is 0.654 bits per heavy atom. The Hall–Kier alpha value is 1.42. The molecule has 26 heavy (non-hydrogen) atoms. The van der Waals surface area contributed by atoms with E-state index in [2.05, 4.69) is 0 Å². The molecule has 1 aliphatic rings. The van der Waals surface area contributed by atoms with Gasteiger partial charge in [-0.15, -0.1) is 0 Å². The van der Waals surface area contributed by atoms with Gasteiger partial charge in [0.2, 0.25) is 0 Å². The van der Waals surface area contributed by atoms with E-state index < -0.39 is 42.8 Å². The van der Waals surface area contributed by atoms with Crippen LogP contribution in [-0.2, 0) is 32.9 Å². The van der Waals surface area contributed by atoms with Crippen molar-refractivity contribution in [1.82, 2.24) is 0 Å². The second kappa shape index (κ2) is 9.48. The summed E-state index contributed by atoms with van der Waals surface area (Å²) in [6.45, 7) is 20.1. The lowest BCUT2D eigenvalue weighted by atomic mass is 11.9. The van der Waals surface area contributed by atoms with Crippen LogP contribution < -0.4 is 0 Å². The van der Waals surface area contributed by atoms with Gasteiger partial charge in [0, 0.05) is 0 Å². The Bertz CT molecular complexity index is 422. The summed E-state index contributed by atoms with van der Waals surface area (Å²) in [6.07, 6.45) is 0. The van der Waals surface area contributed by atoms with Crippen molar-refractivity contribution in [3.8, 4) is 0 Å². The Balaban J connectivity index is 2.95. The zero-order valence-electron chi connectivity index (χ0n) is 17.3. The number of hydrogen-bond donors (Lipinski definition) is 0. The van der Waals surface area contributed by atoms with E-state index in [1.165, 1.54) is 0 Å². The Kier molecular flexibility index (Phi) is 9.28. The summed E-state index contributed by atoms with van der Waals surface area (Å²) in [4.78, 5) is 0. The minimum absolute atomic E-state index is 0.133. The first-order valence-corrected chi connectivity index (χ1v) is 24.8. The summed E-state index contributed by atoms with van der Waals surface area (Å²) in [5, 5.41) is 0. The second-order valence-corrected chi connectivity index (χ2v) is 29.1. The maximum absolute atomic E-state index is 6.42. The summed E-state index contributed by atoms with van der Waals surface area (Å²) in [5.74, 6) is 0. The third-order valence-electron chi connectivity index (χ3n) is 2.71. The first kappa shape index (κ1) is 25.5. The molecule has 0 atom stereocenters. The third-order valence-corrected chi connectivity index (χ3v) is 24.4. The van der Waals surface area contributed by atoms with Crippen LogP contribution in [0.5, 0.6) is 0 Å². The van der Waals surface area contributed by atoms with Gasteiger partial charge in [-0.1, -0.05) is 0 Å². The fourth-order valence-corrected chi connectivity index (χ4v) is 27.9. The molecule has 0 aromatic heterocycles. The van der Waals surface area contributed by atoms with Crippen LogP contribution in [0.25, 0.3) is 0 Å². The van der Waals surface area contributed by atoms with E-state index in [1.807, 2.05) is 65.5 Å². The minimum Gasteiger partial charge on any atom is -0.416 e. The quantitative estimate of drug-likeness (QED) is 0.467. The summed E-state index contributed by atoms with van der Waals surface area (Å²) in [7, 11) is -12.5. The second-order valence-electron chi connectivity index (χ2n) is 8.07. The van der Waals surface area contributed by atoms with Gasteiger partial charge in [0.05, 0.1) is 0 Å². The van der Waals surface area contributed by atoms with Gasteiger partial charge in [0.25, 0.3) is 0 Å². The maximum atomic E-state index is 6.42. The highest BCUT2D eigenvalue weighted by atomic mass is 28.5. The summed E-state index contributed by atoms with van der Waals surface area (Å²) in [5.41, 5.74) is 0. The molecule has 0 aromatic carbocycles. The largest absolute Gasteiger partial charge is 0.416 e. The summed E-state index contributed by atoms with van der Waals surface area (Å²) in [6, 6.07) is 0. The molecule has 1 rings (SSSR count). The van der Waals surface area contributed by atoms with Crippen molar-refractivity contribution < 1.29 is 32.9 Å². The van der Waals surface area contributed by atoms with E-state index in [4.69, 9.17) is 32.9 Å². The van der Waals surface area contributed by atoms with Gasteiger partial charge in [-0.05, 0) is 65.5 Å². The van der Waals surface area contributed by atoms with Crippen molar-refractivity contribution in [3.05, 3.63) is 0 Å². The van der Waals surface area contributed by atoms with Crippen molar-refractivity contribution >= 4 is 72.8 Å². The van der Waals surface area contributed by atoms with Crippen LogP contribution in [0.4, 0.5) is 0 Å². The molecule has 1 fully saturated rings. The molecular weight excluding hydrogens is 473 g/mol. The lowest BCUT2D eigenvalue weighted by Gasteiger charge is -2.41. The zero-order valence-corrected chi connectivity index (χ0v) is 25.3. The van der Waals surface area contributed by atoms with Crippen LogP contribution in [-0.4, -0.2) is 72.8 Å². The molecule has 0 unspecified atom stereocenters. The van der Waals surface area contributed by atoms with Crippen molar-refractivity contribution in [2.24, 2.45) is 0 Å². The first-order valence-electron chi connectivity index (χ1n) is 8.27. The lowest BCUT2D eigenvalue weighted by Crippen LogP contribution is -2.59. The molecule has 6 radical (unpaired) electrons. The highest BCUT2D eigenvalue weighted by molar-refractivity contribution is 6.89. The molecule has 16 heteroatoms. The number of hydrogen-bond acceptors (Lipinski definition) is 8. The van der Waals surface area contributed by atoms with Crippen molar-refractivity contribution in [2.45, 2.75) is 65.5 Å². The maximum Gasteiger partial charge on any atom is 0.412 e. The minimum atomic E-state index is -2.46. The van der Waals surface area contributed by atoms with Crippen molar-refractivity contribution in [3.63, 3.8) is 0 Å². The molecule has 0 saturated carbocycles. The molecule has 1 aliphatic heterocycles. The van der Waals surface area contributed by atoms with Gasteiger partial charge in [0.15, 0.2) is 0 Å². The molecule has 0 amide bonds. The monoisotopic (exact) mass is 502 g/mol. The highest BCUT2D eigenvalue weighted by Crippen LogP contribution is 2.26. The Labute approximate surface area is 171 Å². The van der Waals surface area contributed by atoms with Gasteiger partial charge in [-0.25, -0.2) is 0 Å². The van der Waals surface area contributed by atoms with E-state index in [-0.39, 0.29) is 30.0 Å². The van der Waals surface area contributed by atoms with E-state index in [9.17, 15) is 0 Å². The van der Waals surface area contributed by atoms with Crippen LogP contribution in [0, 0.1) is 0 Å². The van der Waals surface area contributed by atoms with Crippen LogP contribution in [0.15, 0.2) is 0 Å². The zero-order chi connectivity index (χ0) is 20.3. The fraction of sp³-hybridized carbons (Fsp3) is 1.00. The predicted molar refractivity (Wildman–Crippen MR) is 113 cm³/mol. The molecular formula is C10H30O8Si8. The fourth-order valence-electron chi connectivity index (χ4n) is 2.77. The normalized spacial score (nSPS) is 29.8. The molecule has 0 bridgehead atoms. The molecule has 0 aliphatic carbocycles. The summed E-state index contributed by atoms with van der Waals surface area (Å²) >= 11 is 0. The highest BCUT2D eigenvalue weighted by Gasteiger charge is 2.46. The molecule has 8 nitrogen and oxygen atoms in total. The smallest absolute Gasteiger partial charge is 0.412 e. The van der Waals surface area contributed by atoms with Gasteiger partial charge < -0.3 is 32.9 Å². The van der Waals surface area contributed by atoms with E-state index in [0.29, 0.717) is 0 Å². The molecule has 0 spiro atoms. The topological polar surface area (TPSA) is 73.8 Å². The van der Waals surface area contributed by atoms with Crippen LogP contribution in [0.1, 0.15) is 0 Å². The van der Waals surface area contributed by atoms with Gasteiger partial charge in [0.1, 0.15) is 0 Å². The van der Waals surface area contributed by atoms with Gasteiger partial charge >= 0.3 is 72.8 Å². The van der Waals surface area contributed by atoms with E-state index in [0.717, 1.165) is 0 Å². The predicted octanol–water partition coefficient (Wildman–Crippen LogP) is 2.24. The molecule has 0 N–H and O–H groups in total. The van der Waals surface area contributed by atoms with Crippen LogP contribution in [0.3, 0.4) is 0 Å². The molecule has 1 saturated heterocycles. The van der Waals surface area contributed by atoms with Crippen LogP contribution in [0.2, 0.25) is 65.5 Å². The number of rotatable bonds is 0. The standard InChI is InChI=1S/C10H30O8Si8/c1-22(2)13-20-11-19-12-21-14-23(3,4)16-25(7,8)18-26(9,10)17-24(5,6)15-22/h1-10H3. The van der Waals surface area contributed by atoms with Gasteiger partial charge in [-0.3, -0.25) is 0 Å². The summed E-state index contributed by atoms with van der Waals surface area (Å²) < 4.78 is 48.0. The average Bonchev–Trinajstić information content (AvgIpc) is 2.29. The van der Waals surface area contributed by atoms with Crippen molar-refractivity contribution in [2.75, 3.05) is 0 Å². The van der Waals surface area contributed by atoms with E-state index >= 15 is 0 Å². The molecule has 150 valence electrons. The van der Waals surface area contributed by atoms with E-state index in [1.54, 1.807) is 0 Å². The lowest BCUT2D eigenvalue weighted by molar-refractivity contribution is 0.264. The first-order chi connectivity index (χ1) is 11.5. The SMILES string of the molecule is C[Si]1(C)O[Si]O[Si]O[Si]O[Si](C)(C)O[Si](C)(C)O[Si](C)(C)O[Si](C)(C)O1. The Morgan fingerprint density at radius 1 is 0.385 bits per heavy atom. The Morgan fingerprint density at radius 3 is 0.962 bits per heavy atom. The molecule has 1 heterocycles. The van der Waals surface area contributed by atoms with Crippen LogP contribution >= 0.6 is 0 Å². The van der Waals surface area contributed by atoms with Gasteiger partial charge in [-0.2, -0.15) is 0 Å². The average molecular weight is 503 g/mol. The molecule has 0 aromatic rings. The van der Waals surface area contributed by atoms with Crippen molar-refractivity contribution in [1.29, 1.82) is 0 Å².